The number of nitrogens with one attached hydrogen (secondary N) is 1. The normalized spacial score (nSPS) is 11.0. The first kappa shape index (κ1) is 19.4. The van der Waals surface area contributed by atoms with E-state index in [-0.39, 0.29) is 36.8 Å². The molecule has 5 nitrogen and oxygen atoms in total. The van der Waals surface area contributed by atoms with Crippen LogP contribution in [0, 0.1) is 0 Å². The largest absolute Gasteiger partial charge is 0.351 e. The molecule has 0 fully saturated rings. The third kappa shape index (κ3) is 5.38. The highest BCUT2D eigenvalue weighted by atomic mass is 35.5. The summed E-state index contributed by atoms with van der Waals surface area (Å²) in [5, 5.41) is 2.85. The molecule has 1 atom stereocenters. The Kier molecular flexibility index (Phi) is 8.69. The molecule has 0 bridgehead atoms. The Morgan fingerprint density at radius 2 is 2.00 bits per heavy atom. The molecule has 1 heterocycles. The summed E-state index contributed by atoms with van der Waals surface area (Å²) in [6.07, 6.45) is 3.95. The smallest absolute Gasteiger partial charge is 0.269 e. The number of carbonyl (C=O) groups excluding carboxylic acids is 1. The van der Waals surface area contributed by atoms with Crippen LogP contribution in [0.25, 0.3) is 5.69 Å². The SMILES string of the molecule is CC(N)CCNC(=O)c1cncn1-c1ccccc1.Cl.Cl. The lowest BCUT2D eigenvalue weighted by Gasteiger charge is -2.09. The molecule has 3 N–H and O–H groups in total. The second-order valence-corrected chi connectivity index (χ2v) is 4.51. The third-order valence-corrected chi connectivity index (χ3v) is 2.79. The van der Waals surface area contributed by atoms with Gasteiger partial charge in [-0.2, -0.15) is 0 Å². The van der Waals surface area contributed by atoms with Gasteiger partial charge in [0.05, 0.1) is 12.5 Å². The number of rotatable bonds is 5. The zero-order valence-corrected chi connectivity index (χ0v) is 13.4. The number of carbonyl (C=O) groups is 1. The first-order valence-electron chi connectivity index (χ1n) is 6.30. The van der Waals surface area contributed by atoms with Crippen molar-refractivity contribution >= 4 is 30.7 Å². The van der Waals surface area contributed by atoms with Crippen LogP contribution in [0.3, 0.4) is 0 Å². The standard InChI is InChI=1S/C14H18N4O.2ClH/c1-11(15)7-8-17-14(19)13-9-16-10-18(13)12-5-3-2-4-6-12;;/h2-6,9-11H,7-8,15H2,1H3,(H,17,19);2*1H. The summed E-state index contributed by atoms with van der Waals surface area (Å²) in [6.45, 7) is 2.48. The van der Waals surface area contributed by atoms with Crippen LogP contribution in [0.15, 0.2) is 42.9 Å². The molecule has 0 aliphatic rings. The molecule has 1 aromatic carbocycles. The lowest BCUT2D eigenvalue weighted by Crippen LogP contribution is -2.30. The molecule has 7 heteroatoms. The van der Waals surface area contributed by atoms with Crippen LogP contribution in [-0.4, -0.2) is 28.0 Å². The van der Waals surface area contributed by atoms with Gasteiger partial charge in [-0.15, -0.1) is 24.8 Å². The number of hydrogen-bond acceptors (Lipinski definition) is 3. The topological polar surface area (TPSA) is 72.9 Å². The van der Waals surface area contributed by atoms with E-state index in [2.05, 4.69) is 10.3 Å². The summed E-state index contributed by atoms with van der Waals surface area (Å²) in [7, 11) is 0. The Hall–Kier alpha value is -1.56. The Balaban J connectivity index is 0.00000200. The molecule has 2 aromatic rings. The summed E-state index contributed by atoms with van der Waals surface area (Å²) in [4.78, 5) is 16.1. The number of benzene rings is 1. The Morgan fingerprint density at radius 1 is 1.33 bits per heavy atom. The van der Waals surface area contributed by atoms with Crippen molar-refractivity contribution in [3.05, 3.63) is 48.5 Å². The first-order valence-corrected chi connectivity index (χ1v) is 6.30. The van der Waals surface area contributed by atoms with Crippen LogP contribution in [0.1, 0.15) is 23.8 Å². The fraction of sp³-hybridized carbons (Fsp3) is 0.286. The maximum Gasteiger partial charge on any atom is 0.269 e. The van der Waals surface area contributed by atoms with Crippen molar-refractivity contribution in [3.63, 3.8) is 0 Å². The molecule has 0 saturated heterocycles. The summed E-state index contributed by atoms with van der Waals surface area (Å²) in [5.41, 5.74) is 7.09. The molecule has 1 aromatic heterocycles. The van der Waals surface area contributed by atoms with E-state index < -0.39 is 0 Å². The molecule has 0 aliphatic carbocycles. The van der Waals surface area contributed by atoms with Crippen molar-refractivity contribution in [3.8, 4) is 5.69 Å². The van der Waals surface area contributed by atoms with E-state index in [9.17, 15) is 4.79 Å². The van der Waals surface area contributed by atoms with Gasteiger partial charge in [0.2, 0.25) is 0 Å². The van der Waals surface area contributed by atoms with Crippen LogP contribution >= 0.6 is 24.8 Å². The first-order chi connectivity index (χ1) is 9.18. The van der Waals surface area contributed by atoms with Crippen molar-refractivity contribution in [2.24, 2.45) is 5.73 Å². The van der Waals surface area contributed by atoms with Crippen LogP contribution in [0.5, 0.6) is 0 Å². The number of hydrogen-bond donors (Lipinski definition) is 2. The van der Waals surface area contributed by atoms with Gasteiger partial charge >= 0.3 is 0 Å². The Bertz CT molecular complexity index is 543. The number of amides is 1. The zero-order chi connectivity index (χ0) is 13.7. The molecule has 1 amide bonds. The number of imidazole rings is 1. The fourth-order valence-electron chi connectivity index (χ4n) is 1.76. The number of nitrogens with two attached hydrogens (primary N) is 1. The van der Waals surface area contributed by atoms with E-state index in [1.807, 2.05) is 37.3 Å². The van der Waals surface area contributed by atoms with Gasteiger partial charge in [0.15, 0.2) is 0 Å². The predicted octanol–water partition coefficient (Wildman–Crippen LogP) is 2.18. The Labute approximate surface area is 136 Å². The second kappa shape index (κ2) is 9.39. The van der Waals surface area contributed by atoms with Gasteiger partial charge in [0.25, 0.3) is 5.91 Å². The van der Waals surface area contributed by atoms with E-state index in [0.29, 0.717) is 12.2 Å². The van der Waals surface area contributed by atoms with Gasteiger partial charge in [-0.25, -0.2) is 4.98 Å². The van der Waals surface area contributed by atoms with Gasteiger partial charge in [-0.1, -0.05) is 18.2 Å². The highest BCUT2D eigenvalue weighted by Gasteiger charge is 2.12. The van der Waals surface area contributed by atoms with E-state index in [0.717, 1.165) is 12.1 Å². The van der Waals surface area contributed by atoms with Crippen LogP contribution in [-0.2, 0) is 0 Å². The second-order valence-electron chi connectivity index (χ2n) is 4.51. The van der Waals surface area contributed by atoms with E-state index in [1.54, 1.807) is 17.1 Å². The lowest BCUT2D eigenvalue weighted by atomic mass is 10.2. The van der Waals surface area contributed by atoms with Crippen LogP contribution in [0.4, 0.5) is 0 Å². The summed E-state index contributed by atoms with van der Waals surface area (Å²) >= 11 is 0. The van der Waals surface area contributed by atoms with Gasteiger partial charge < -0.3 is 11.1 Å². The molecule has 0 saturated carbocycles. The fourth-order valence-corrected chi connectivity index (χ4v) is 1.76. The van der Waals surface area contributed by atoms with Crippen molar-refractivity contribution in [1.82, 2.24) is 14.9 Å². The minimum atomic E-state index is -0.137. The highest BCUT2D eigenvalue weighted by Crippen LogP contribution is 2.10. The maximum absolute atomic E-state index is 12.1. The molecule has 2 rings (SSSR count). The van der Waals surface area contributed by atoms with E-state index in [4.69, 9.17) is 5.73 Å². The molecular weight excluding hydrogens is 311 g/mol. The quantitative estimate of drug-likeness (QED) is 0.882. The summed E-state index contributed by atoms with van der Waals surface area (Å²) in [6, 6.07) is 9.73. The summed E-state index contributed by atoms with van der Waals surface area (Å²) < 4.78 is 1.77. The van der Waals surface area contributed by atoms with Crippen LogP contribution in [0.2, 0.25) is 0 Å². The lowest BCUT2D eigenvalue weighted by molar-refractivity contribution is 0.0946. The highest BCUT2D eigenvalue weighted by molar-refractivity contribution is 5.92. The average molecular weight is 331 g/mol. The minimum absolute atomic E-state index is 0. The van der Waals surface area contributed by atoms with Gasteiger partial charge in [0, 0.05) is 18.3 Å². The molecule has 0 spiro atoms. The van der Waals surface area contributed by atoms with Crippen molar-refractivity contribution in [1.29, 1.82) is 0 Å². The predicted molar refractivity (Wildman–Crippen MR) is 88.7 cm³/mol. The molecule has 0 aliphatic heterocycles. The zero-order valence-electron chi connectivity index (χ0n) is 11.7. The minimum Gasteiger partial charge on any atom is -0.351 e. The van der Waals surface area contributed by atoms with Crippen molar-refractivity contribution in [2.75, 3.05) is 6.54 Å². The van der Waals surface area contributed by atoms with Crippen molar-refractivity contribution in [2.45, 2.75) is 19.4 Å². The number of nitrogens with zero attached hydrogens (tertiary/aromatic N) is 2. The Morgan fingerprint density at radius 3 is 2.62 bits per heavy atom. The maximum atomic E-state index is 12.1. The monoisotopic (exact) mass is 330 g/mol. The molecule has 0 radical (unpaired) electrons. The van der Waals surface area contributed by atoms with Gasteiger partial charge in [-0.3, -0.25) is 9.36 Å². The molecule has 116 valence electrons. The number of aromatic nitrogens is 2. The van der Waals surface area contributed by atoms with E-state index >= 15 is 0 Å². The van der Waals surface area contributed by atoms with Gasteiger partial charge in [0.1, 0.15) is 5.69 Å². The molecule has 21 heavy (non-hydrogen) atoms. The van der Waals surface area contributed by atoms with Crippen LogP contribution < -0.4 is 11.1 Å². The van der Waals surface area contributed by atoms with E-state index in [1.165, 1.54) is 0 Å². The number of halogens is 2. The molecule has 1 unspecified atom stereocenters. The van der Waals surface area contributed by atoms with Crippen molar-refractivity contribution < 1.29 is 4.79 Å². The average Bonchev–Trinajstić information content (AvgIpc) is 2.88. The molecular formula is C14H20Cl2N4O. The third-order valence-electron chi connectivity index (χ3n) is 2.79. The summed E-state index contributed by atoms with van der Waals surface area (Å²) in [5.74, 6) is -0.137. The van der Waals surface area contributed by atoms with Gasteiger partial charge in [-0.05, 0) is 25.5 Å². The number of para-hydroxylation sites is 1.